The molecule has 0 aliphatic heterocycles. The monoisotopic (exact) mass is 413 g/mol. The van der Waals surface area contributed by atoms with E-state index in [2.05, 4.69) is 5.32 Å². The van der Waals surface area contributed by atoms with Crippen molar-refractivity contribution in [1.82, 2.24) is 5.32 Å². The van der Waals surface area contributed by atoms with E-state index in [1.807, 2.05) is 18.2 Å². The average molecular weight is 413 g/mol. The predicted molar refractivity (Wildman–Crippen MR) is 109 cm³/mol. The van der Waals surface area contributed by atoms with E-state index >= 15 is 0 Å². The summed E-state index contributed by atoms with van der Waals surface area (Å²) in [6.07, 6.45) is -0.950. The Morgan fingerprint density at radius 3 is 2.52 bits per heavy atom. The second kappa shape index (κ2) is 9.34. The standard InChI is InChI=1S/C22H20FNO4S/c1-14(21(25)24-13-16-5-3-4-6-18(16)27-2)28-22(26)20-12-11-19(29-20)15-7-9-17(23)10-8-15/h3-12,14H,13H2,1-2H3,(H,24,25). The summed E-state index contributed by atoms with van der Waals surface area (Å²) in [5.41, 5.74) is 1.63. The number of hydrogen-bond acceptors (Lipinski definition) is 5. The molecule has 29 heavy (non-hydrogen) atoms. The normalized spacial score (nSPS) is 11.6. The molecule has 0 saturated heterocycles. The Bertz CT molecular complexity index is 1000. The first-order chi connectivity index (χ1) is 14.0. The lowest BCUT2D eigenvalue weighted by molar-refractivity contribution is -0.129. The summed E-state index contributed by atoms with van der Waals surface area (Å²) in [7, 11) is 1.56. The van der Waals surface area contributed by atoms with Gasteiger partial charge in [-0.1, -0.05) is 30.3 Å². The van der Waals surface area contributed by atoms with Crippen LogP contribution in [0.25, 0.3) is 10.4 Å². The molecule has 0 radical (unpaired) electrons. The fraction of sp³-hybridized carbons (Fsp3) is 0.182. The van der Waals surface area contributed by atoms with E-state index in [1.165, 1.54) is 30.4 Å². The van der Waals surface area contributed by atoms with Gasteiger partial charge in [-0.15, -0.1) is 11.3 Å². The molecular formula is C22H20FNO4S. The van der Waals surface area contributed by atoms with Crippen LogP contribution < -0.4 is 10.1 Å². The van der Waals surface area contributed by atoms with Gasteiger partial charge < -0.3 is 14.8 Å². The maximum absolute atomic E-state index is 13.1. The van der Waals surface area contributed by atoms with Gasteiger partial charge in [0, 0.05) is 17.0 Å². The van der Waals surface area contributed by atoms with Gasteiger partial charge >= 0.3 is 5.97 Å². The van der Waals surface area contributed by atoms with E-state index in [-0.39, 0.29) is 12.4 Å². The van der Waals surface area contributed by atoms with Crippen LogP contribution in [0.1, 0.15) is 22.2 Å². The quantitative estimate of drug-likeness (QED) is 0.582. The number of rotatable bonds is 7. The third-order valence-corrected chi connectivity index (χ3v) is 5.35. The van der Waals surface area contributed by atoms with Crippen LogP contribution >= 0.6 is 11.3 Å². The SMILES string of the molecule is COc1ccccc1CNC(=O)C(C)OC(=O)c1ccc(-c2ccc(F)cc2)s1. The third kappa shape index (κ3) is 5.20. The lowest BCUT2D eigenvalue weighted by Crippen LogP contribution is -2.35. The van der Waals surface area contributed by atoms with Crippen LogP contribution in [0.15, 0.2) is 60.7 Å². The summed E-state index contributed by atoms with van der Waals surface area (Å²) < 4.78 is 23.6. The van der Waals surface area contributed by atoms with Crippen LogP contribution in [-0.2, 0) is 16.1 Å². The van der Waals surface area contributed by atoms with Crippen molar-refractivity contribution in [2.75, 3.05) is 7.11 Å². The Balaban J connectivity index is 1.57. The molecule has 3 rings (SSSR count). The molecule has 1 unspecified atom stereocenters. The number of methoxy groups -OCH3 is 1. The minimum absolute atomic E-state index is 0.262. The van der Waals surface area contributed by atoms with Crippen molar-refractivity contribution >= 4 is 23.2 Å². The molecule has 1 N–H and O–H groups in total. The molecule has 0 aliphatic carbocycles. The fourth-order valence-corrected chi connectivity index (χ4v) is 3.56. The van der Waals surface area contributed by atoms with Gasteiger partial charge in [0.05, 0.1) is 7.11 Å². The van der Waals surface area contributed by atoms with Gasteiger partial charge in [0.15, 0.2) is 6.10 Å². The van der Waals surface area contributed by atoms with Crippen LogP contribution in [-0.4, -0.2) is 25.1 Å². The first kappa shape index (κ1) is 20.5. The maximum Gasteiger partial charge on any atom is 0.349 e. The number of halogens is 1. The number of carbonyl (C=O) groups is 2. The van der Waals surface area contributed by atoms with Gasteiger partial charge in [-0.05, 0) is 42.8 Å². The van der Waals surface area contributed by atoms with E-state index in [0.717, 1.165) is 16.0 Å². The van der Waals surface area contributed by atoms with Crippen molar-refractivity contribution in [3.8, 4) is 16.2 Å². The summed E-state index contributed by atoms with van der Waals surface area (Å²) in [6.45, 7) is 1.78. The van der Waals surface area contributed by atoms with Gasteiger partial charge in [-0.3, -0.25) is 4.79 Å². The number of thiophene rings is 1. The highest BCUT2D eigenvalue weighted by Gasteiger charge is 2.20. The molecule has 2 aromatic carbocycles. The molecule has 0 fully saturated rings. The van der Waals surface area contributed by atoms with Crippen LogP contribution in [0.4, 0.5) is 4.39 Å². The molecule has 0 saturated carbocycles. The van der Waals surface area contributed by atoms with E-state index in [1.54, 1.807) is 37.4 Å². The van der Waals surface area contributed by atoms with Gasteiger partial charge in [0.1, 0.15) is 16.4 Å². The van der Waals surface area contributed by atoms with Gasteiger partial charge in [0.25, 0.3) is 5.91 Å². The summed E-state index contributed by atoms with van der Waals surface area (Å²) >= 11 is 1.22. The molecule has 0 aliphatic rings. The van der Waals surface area contributed by atoms with E-state index < -0.39 is 18.0 Å². The number of hydrogen-bond donors (Lipinski definition) is 1. The van der Waals surface area contributed by atoms with Crippen molar-refractivity contribution < 1.29 is 23.5 Å². The van der Waals surface area contributed by atoms with Gasteiger partial charge in [-0.25, -0.2) is 9.18 Å². The lowest BCUT2D eigenvalue weighted by Gasteiger charge is -2.14. The Morgan fingerprint density at radius 2 is 1.79 bits per heavy atom. The smallest absolute Gasteiger partial charge is 0.349 e. The summed E-state index contributed by atoms with van der Waals surface area (Å²) in [6, 6.07) is 16.8. The summed E-state index contributed by atoms with van der Waals surface area (Å²) in [5.74, 6) is -0.634. The fourth-order valence-electron chi connectivity index (χ4n) is 2.66. The summed E-state index contributed by atoms with van der Waals surface area (Å²) in [5, 5.41) is 2.74. The van der Waals surface area contributed by atoms with Crippen LogP contribution in [0.5, 0.6) is 5.75 Å². The minimum atomic E-state index is -0.950. The molecule has 1 heterocycles. The first-order valence-electron chi connectivity index (χ1n) is 8.94. The zero-order chi connectivity index (χ0) is 20.8. The third-order valence-electron chi connectivity index (χ3n) is 4.23. The Kier molecular flexibility index (Phi) is 6.61. The molecule has 5 nitrogen and oxygen atoms in total. The topological polar surface area (TPSA) is 64.6 Å². The highest BCUT2D eigenvalue weighted by molar-refractivity contribution is 7.17. The lowest BCUT2D eigenvalue weighted by atomic mass is 10.2. The van der Waals surface area contributed by atoms with Crippen molar-refractivity contribution in [3.05, 3.63) is 76.9 Å². The first-order valence-corrected chi connectivity index (χ1v) is 9.76. The number of ether oxygens (including phenoxy) is 2. The summed E-state index contributed by atoms with van der Waals surface area (Å²) in [4.78, 5) is 25.8. The highest BCUT2D eigenvalue weighted by atomic mass is 32.1. The van der Waals surface area contributed by atoms with E-state index in [9.17, 15) is 14.0 Å². The van der Waals surface area contributed by atoms with Crippen LogP contribution in [0.2, 0.25) is 0 Å². The minimum Gasteiger partial charge on any atom is -0.496 e. The van der Waals surface area contributed by atoms with E-state index in [4.69, 9.17) is 9.47 Å². The second-order valence-electron chi connectivity index (χ2n) is 6.25. The number of amides is 1. The maximum atomic E-state index is 13.1. The number of carbonyl (C=O) groups excluding carboxylic acids is 2. The van der Waals surface area contributed by atoms with Crippen LogP contribution in [0.3, 0.4) is 0 Å². The zero-order valence-electron chi connectivity index (χ0n) is 16.0. The molecule has 1 aromatic heterocycles. The Morgan fingerprint density at radius 1 is 1.07 bits per heavy atom. The Labute approximate surface area is 172 Å². The highest BCUT2D eigenvalue weighted by Crippen LogP contribution is 2.28. The zero-order valence-corrected chi connectivity index (χ0v) is 16.8. The van der Waals surface area contributed by atoms with Crippen molar-refractivity contribution in [3.63, 3.8) is 0 Å². The molecular weight excluding hydrogens is 393 g/mol. The molecule has 150 valence electrons. The van der Waals surface area contributed by atoms with Gasteiger partial charge in [-0.2, -0.15) is 0 Å². The molecule has 0 bridgehead atoms. The largest absolute Gasteiger partial charge is 0.496 e. The van der Waals surface area contributed by atoms with Crippen molar-refractivity contribution in [1.29, 1.82) is 0 Å². The number of para-hydroxylation sites is 1. The predicted octanol–water partition coefficient (Wildman–Crippen LogP) is 4.42. The number of benzene rings is 2. The average Bonchev–Trinajstić information content (AvgIpc) is 3.23. The molecule has 7 heteroatoms. The number of nitrogens with one attached hydrogen (secondary N) is 1. The number of esters is 1. The van der Waals surface area contributed by atoms with Crippen LogP contribution in [0, 0.1) is 5.82 Å². The second-order valence-corrected chi connectivity index (χ2v) is 7.33. The molecule has 1 amide bonds. The Hall–Kier alpha value is -3.19. The van der Waals surface area contributed by atoms with Crippen molar-refractivity contribution in [2.45, 2.75) is 19.6 Å². The van der Waals surface area contributed by atoms with Gasteiger partial charge in [0.2, 0.25) is 0 Å². The molecule has 1 atom stereocenters. The van der Waals surface area contributed by atoms with Crippen molar-refractivity contribution in [2.24, 2.45) is 0 Å². The van der Waals surface area contributed by atoms with E-state index in [0.29, 0.717) is 10.6 Å². The molecule has 0 spiro atoms. The molecule has 3 aromatic rings.